The van der Waals surface area contributed by atoms with Crippen molar-refractivity contribution in [1.29, 1.82) is 0 Å². The van der Waals surface area contributed by atoms with Crippen LogP contribution in [0.2, 0.25) is 0 Å². The summed E-state index contributed by atoms with van der Waals surface area (Å²) in [7, 11) is 0. The van der Waals surface area contributed by atoms with E-state index in [0.717, 1.165) is 25.4 Å². The molecule has 16 heavy (non-hydrogen) atoms. The summed E-state index contributed by atoms with van der Waals surface area (Å²) in [6.45, 7) is 5.60. The molecule has 0 aromatic rings. The molecule has 1 aliphatic rings. The average Bonchev–Trinajstić information content (AvgIpc) is 2.75. The minimum absolute atomic E-state index is 0.284. The van der Waals surface area contributed by atoms with E-state index in [1.807, 2.05) is 0 Å². The zero-order valence-corrected chi connectivity index (χ0v) is 11.5. The highest BCUT2D eigenvalue weighted by Crippen LogP contribution is 2.39. The third kappa shape index (κ3) is 4.27. The van der Waals surface area contributed by atoms with E-state index in [0.29, 0.717) is 5.41 Å². The maximum absolute atomic E-state index is 9.11. The highest BCUT2D eigenvalue weighted by atomic mass is 32.1. The van der Waals surface area contributed by atoms with Gasteiger partial charge in [-0.1, -0.05) is 26.2 Å². The molecule has 1 aliphatic carbocycles. The lowest BCUT2D eigenvalue weighted by atomic mass is 9.87. The maximum Gasteiger partial charge on any atom is 0.0558 e. The number of thiol groups is 1. The van der Waals surface area contributed by atoms with Crippen molar-refractivity contribution >= 4 is 12.6 Å². The highest BCUT2D eigenvalue weighted by Gasteiger charge is 2.33. The first-order valence-corrected chi connectivity index (χ1v) is 7.33. The van der Waals surface area contributed by atoms with Gasteiger partial charge in [0.1, 0.15) is 0 Å². The van der Waals surface area contributed by atoms with Crippen LogP contribution in [0, 0.1) is 5.41 Å². The lowest BCUT2D eigenvalue weighted by molar-refractivity contribution is 0.138. The number of aliphatic hydroxyl groups excluding tert-OH is 1. The summed E-state index contributed by atoms with van der Waals surface area (Å²) < 4.78 is 0. The Morgan fingerprint density at radius 1 is 1.25 bits per heavy atom. The van der Waals surface area contributed by atoms with Crippen molar-refractivity contribution in [2.45, 2.75) is 45.4 Å². The number of hydrogen-bond acceptors (Lipinski definition) is 3. The normalized spacial score (nSPS) is 19.5. The van der Waals surface area contributed by atoms with Gasteiger partial charge in [-0.2, -0.15) is 12.6 Å². The van der Waals surface area contributed by atoms with Gasteiger partial charge in [-0.3, -0.25) is 0 Å². The Morgan fingerprint density at radius 2 is 1.94 bits per heavy atom. The molecule has 96 valence electrons. The fourth-order valence-corrected chi connectivity index (χ4v) is 3.17. The summed E-state index contributed by atoms with van der Waals surface area (Å²) in [4.78, 5) is 2.44. The molecular weight excluding hydrogens is 218 g/mol. The Hall–Kier alpha value is 0.270. The van der Waals surface area contributed by atoms with Crippen LogP contribution in [0.1, 0.15) is 45.4 Å². The van der Waals surface area contributed by atoms with Gasteiger partial charge in [-0.15, -0.1) is 0 Å². The third-order valence-electron chi connectivity index (χ3n) is 3.80. The van der Waals surface area contributed by atoms with Crippen molar-refractivity contribution in [3.8, 4) is 0 Å². The molecule has 1 N–H and O–H groups in total. The van der Waals surface area contributed by atoms with Crippen molar-refractivity contribution < 1.29 is 5.11 Å². The molecule has 0 unspecified atom stereocenters. The standard InChI is InChI=1S/C13H27NOS/c1-2-3-8-14(9-10-15)11-13(12-16)6-4-5-7-13/h15-16H,2-12H2,1H3. The zero-order valence-electron chi connectivity index (χ0n) is 10.6. The van der Waals surface area contributed by atoms with E-state index < -0.39 is 0 Å². The molecule has 0 heterocycles. The van der Waals surface area contributed by atoms with E-state index in [-0.39, 0.29) is 6.61 Å². The molecule has 1 rings (SSSR count). The first-order chi connectivity index (χ1) is 7.76. The monoisotopic (exact) mass is 245 g/mol. The number of rotatable bonds is 8. The van der Waals surface area contributed by atoms with Gasteiger partial charge in [-0.25, -0.2) is 0 Å². The molecule has 0 atom stereocenters. The maximum atomic E-state index is 9.11. The lowest BCUT2D eigenvalue weighted by Crippen LogP contribution is -2.39. The Labute approximate surface area is 106 Å². The second kappa shape index (κ2) is 7.57. The van der Waals surface area contributed by atoms with Crippen LogP contribution in [-0.2, 0) is 0 Å². The number of hydrogen-bond donors (Lipinski definition) is 2. The topological polar surface area (TPSA) is 23.5 Å². The van der Waals surface area contributed by atoms with Gasteiger partial charge in [0.05, 0.1) is 6.61 Å². The van der Waals surface area contributed by atoms with Crippen LogP contribution < -0.4 is 0 Å². The average molecular weight is 245 g/mol. The molecule has 0 radical (unpaired) electrons. The van der Waals surface area contributed by atoms with E-state index in [1.54, 1.807) is 0 Å². The quantitative estimate of drug-likeness (QED) is 0.642. The van der Waals surface area contributed by atoms with Crippen molar-refractivity contribution in [1.82, 2.24) is 4.90 Å². The lowest BCUT2D eigenvalue weighted by Gasteiger charge is -2.34. The van der Waals surface area contributed by atoms with Gasteiger partial charge in [0, 0.05) is 13.1 Å². The van der Waals surface area contributed by atoms with Gasteiger partial charge < -0.3 is 10.0 Å². The van der Waals surface area contributed by atoms with Crippen molar-refractivity contribution in [3.05, 3.63) is 0 Å². The van der Waals surface area contributed by atoms with Crippen molar-refractivity contribution in [2.75, 3.05) is 32.0 Å². The molecule has 1 fully saturated rings. The number of nitrogens with zero attached hydrogens (tertiary/aromatic N) is 1. The summed E-state index contributed by atoms with van der Waals surface area (Å²) in [5.74, 6) is 1.00. The van der Waals surface area contributed by atoms with Gasteiger partial charge in [0.15, 0.2) is 0 Å². The van der Waals surface area contributed by atoms with Crippen LogP contribution in [0.15, 0.2) is 0 Å². The molecule has 0 amide bonds. The minimum Gasteiger partial charge on any atom is -0.395 e. The molecule has 3 heteroatoms. The fourth-order valence-electron chi connectivity index (χ4n) is 2.76. The molecule has 0 aromatic carbocycles. The molecule has 0 spiro atoms. The van der Waals surface area contributed by atoms with Crippen molar-refractivity contribution in [2.24, 2.45) is 5.41 Å². The first-order valence-electron chi connectivity index (χ1n) is 6.70. The Morgan fingerprint density at radius 3 is 2.44 bits per heavy atom. The second-order valence-corrected chi connectivity index (χ2v) is 5.53. The van der Waals surface area contributed by atoms with Gasteiger partial charge in [-0.05, 0) is 37.0 Å². The smallest absolute Gasteiger partial charge is 0.0558 e. The van der Waals surface area contributed by atoms with Gasteiger partial charge in [0.25, 0.3) is 0 Å². The molecule has 0 bridgehead atoms. The van der Waals surface area contributed by atoms with Crippen molar-refractivity contribution in [3.63, 3.8) is 0 Å². The largest absolute Gasteiger partial charge is 0.395 e. The van der Waals surface area contributed by atoms with E-state index in [1.165, 1.54) is 38.5 Å². The molecule has 2 nitrogen and oxygen atoms in total. The summed E-state index contributed by atoms with van der Waals surface area (Å²) in [5, 5.41) is 9.11. The highest BCUT2D eigenvalue weighted by molar-refractivity contribution is 7.80. The predicted molar refractivity (Wildman–Crippen MR) is 73.2 cm³/mol. The van der Waals surface area contributed by atoms with Gasteiger partial charge in [0.2, 0.25) is 0 Å². The van der Waals surface area contributed by atoms with Gasteiger partial charge >= 0.3 is 0 Å². The van der Waals surface area contributed by atoms with Crippen LogP contribution in [0.25, 0.3) is 0 Å². The summed E-state index contributed by atoms with van der Waals surface area (Å²) >= 11 is 4.55. The van der Waals surface area contributed by atoms with Crippen LogP contribution in [-0.4, -0.2) is 42.0 Å². The molecule has 1 saturated carbocycles. The SMILES string of the molecule is CCCCN(CCO)CC1(CS)CCCC1. The predicted octanol–water partition coefficient (Wildman–Crippen LogP) is 2.57. The molecular formula is C13H27NOS. The minimum atomic E-state index is 0.284. The number of unbranched alkanes of at least 4 members (excludes halogenated alkanes) is 1. The van der Waals surface area contributed by atoms with E-state index in [2.05, 4.69) is 24.5 Å². The fraction of sp³-hybridized carbons (Fsp3) is 1.00. The molecule has 0 saturated heterocycles. The first kappa shape index (κ1) is 14.3. The Bertz CT molecular complexity index is 181. The zero-order chi connectivity index (χ0) is 11.9. The summed E-state index contributed by atoms with van der Waals surface area (Å²) in [6.07, 6.45) is 7.84. The number of aliphatic hydroxyl groups is 1. The third-order valence-corrected chi connectivity index (χ3v) is 4.47. The molecule has 0 aliphatic heterocycles. The van der Waals surface area contributed by atoms with Crippen LogP contribution in [0.3, 0.4) is 0 Å². The Kier molecular flexibility index (Phi) is 6.78. The second-order valence-electron chi connectivity index (χ2n) is 5.22. The van der Waals surface area contributed by atoms with E-state index in [4.69, 9.17) is 5.11 Å². The van der Waals surface area contributed by atoms with Crippen LogP contribution in [0.4, 0.5) is 0 Å². The van der Waals surface area contributed by atoms with E-state index >= 15 is 0 Å². The molecule has 0 aromatic heterocycles. The summed E-state index contributed by atoms with van der Waals surface area (Å²) in [6, 6.07) is 0. The Balaban J connectivity index is 2.44. The van der Waals surface area contributed by atoms with Crippen LogP contribution in [0.5, 0.6) is 0 Å². The summed E-state index contributed by atoms with van der Waals surface area (Å²) in [5.41, 5.74) is 0.437. The van der Waals surface area contributed by atoms with Crippen LogP contribution >= 0.6 is 12.6 Å². The van der Waals surface area contributed by atoms with E-state index in [9.17, 15) is 0 Å².